The quantitative estimate of drug-likeness (QED) is 0.379. The SMILES string of the molecule is O=C(Cn1c(=O)n2nc(-c3ccc(F)cc3)nc2c2ccccc21)N1CCN(c2ccccc2F)CC1. The minimum absolute atomic E-state index is 0.166. The van der Waals surface area contributed by atoms with Crippen molar-refractivity contribution in [1.29, 1.82) is 0 Å². The first-order chi connectivity index (χ1) is 18.0. The number of amides is 1. The molecular weight excluding hydrogens is 478 g/mol. The predicted molar refractivity (Wildman–Crippen MR) is 135 cm³/mol. The van der Waals surface area contributed by atoms with Gasteiger partial charge in [-0.05, 0) is 48.5 Å². The van der Waals surface area contributed by atoms with Gasteiger partial charge in [-0.3, -0.25) is 9.36 Å². The Balaban J connectivity index is 1.30. The lowest BCUT2D eigenvalue weighted by Gasteiger charge is -2.36. The zero-order valence-corrected chi connectivity index (χ0v) is 19.7. The summed E-state index contributed by atoms with van der Waals surface area (Å²) in [6.45, 7) is 1.65. The molecule has 0 atom stereocenters. The van der Waals surface area contributed by atoms with Crippen molar-refractivity contribution in [3.8, 4) is 11.4 Å². The average Bonchev–Trinajstić information content (AvgIpc) is 3.38. The maximum atomic E-state index is 14.2. The first-order valence-electron chi connectivity index (χ1n) is 11.9. The van der Waals surface area contributed by atoms with Gasteiger partial charge in [-0.2, -0.15) is 4.52 Å². The number of anilines is 1. The molecule has 1 amide bonds. The third-order valence-corrected chi connectivity index (χ3v) is 6.68. The third kappa shape index (κ3) is 4.10. The molecule has 1 aliphatic heterocycles. The lowest BCUT2D eigenvalue weighted by Crippen LogP contribution is -2.50. The molecule has 2 aromatic heterocycles. The van der Waals surface area contributed by atoms with Crippen molar-refractivity contribution in [2.24, 2.45) is 0 Å². The second-order valence-electron chi connectivity index (χ2n) is 8.88. The molecule has 186 valence electrons. The molecule has 3 heterocycles. The highest BCUT2D eigenvalue weighted by Crippen LogP contribution is 2.23. The number of para-hydroxylation sites is 2. The van der Waals surface area contributed by atoms with Crippen molar-refractivity contribution in [2.45, 2.75) is 6.54 Å². The molecule has 0 spiro atoms. The maximum Gasteiger partial charge on any atom is 0.351 e. The Bertz CT molecular complexity index is 1690. The fourth-order valence-electron chi connectivity index (χ4n) is 4.75. The summed E-state index contributed by atoms with van der Waals surface area (Å²) in [6.07, 6.45) is 0. The number of benzene rings is 3. The first kappa shape index (κ1) is 22.8. The van der Waals surface area contributed by atoms with Crippen LogP contribution in [0.25, 0.3) is 27.9 Å². The van der Waals surface area contributed by atoms with Crippen molar-refractivity contribution >= 4 is 28.1 Å². The van der Waals surface area contributed by atoms with Crippen LogP contribution in [0.5, 0.6) is 0 Å². The average molecular weight is 501 g/mol. The van der Waals surface area contributed by atoms with Crippen LogP contribution in [-0.2, 0) is 11.3 Å². The number of halogens is 2. The molecular formula is C27H22F2N6O2. The van der Waals surface area contributed by atoms with Gasteiger partial charge in [0.25, 0.3) is 0 Å². The largest absolute Gasteiger partial charge is 0.366 e. The lowest BCUT2D eigenvalue weighted by atomic mass is 10.2. The van der Waals surface area contributed by atoms with Crippen LogP contribution >= 0.6 is 0 Å². The highest BCUT2D eigenvalue weighted by Gasteiger charge is 2.24. The number of rotatable bonds is 4. The van der Waals surface area contributed by atoms with Gasteiger partial charge in [0.15, 0.2) is 11.5 Å². The summed E-state index contributed by atoms with van der Waals surface area (Å²) in [6, 6.07) is 19.5. The van der Waals surface area contributed by atoms with Crippen molar-refractivity contribution in [3.63, 3.8) is 0 Å². The van der Waals surface area contributed by atoms with Gasteiger partial charge in [0.05, 0.1) is 11.2 Å². The van der Waals surface area contributed by atoms with Gasteiger partial charge in [0.1, 0.15) is 18.2 Å². The van der Waals surface area contributed by atoms with Crippen molar-refractivity contribution < 1.29 is 13.6 Å². The topological polar surface area (TPSA) is 75.7 Å². The van der Waals surface area contributed by atoms with Crippen LogP contribution in [0.2, 0.25) is 0 Å². The number of aromatic nitrogens is 4. The number of piperazine rings is 1. The minimum atomic E-state index is -0.493. The first-order valence-corrected chi connectivity index (χ1v) is 11.9. The number of carbonyl (C=O) groups excluding carboxylic acids is 1. The molecule has 1 fully saturated rings. The van der Waals surface area contributed by atoms with Gasteiger partial charge in [-0.1, -0.05) is 24.3 Å². The fraction of sp³-hybridized carbons (Fsp3) is 0.185. The van der Waals surface area contributed by atoms with Gasteiger partial charge in [-0.25, -0.2) is 18.6 Å². The van der Waals surface area contributed by atoms with Crippen LogP contribution in [0.15, 0.2) is 77.6 Å². The highest BCUT2D eigenvalue weighted by molar-refractivity contribution is 5.92. The molecule has 1 aliphatic rings. The summed E-state index contributed by atoms with van der Waals surface area (Å²) < 4.78 is 30.1. The molecule has 37 heavy (non-hydrogen) atoms. The van der Waals surface area contributed by atoms with Crippen LogP contribution < -0.4 is 10.6 Å². The van der Waals surface area contributed by atoms with E-state index in [1.807, 2.05) is 17.0 Å². The monoisotopic (exact) mass is 500 g/mol. The maximum absolute atomic E-state index is 14.2. The highest BCUT2D eigenvalue weighted by atomic mass is 19.1. The van der Waals surface area contributed by atoms with E-state index in [2.05, 4.69) is 10.1 Å². The van der Waals surface area contributed by atoms with Gasteiger partial charge in [0.2, 0.25) is 5.91 Å². The van der Waals surface area contributed by atoms with Gasteiger partial charge >= 0.3 is 5.69 Å². The Hall–Kier alpha value is -4.60. The number of nitrogens with zero attached hydrogens (tertiary/aromatic N) is 6. The fourth-order valence-corrected chi connectivity index (χ4v) is 4.75. The van der Waals surface area contributed by atoms with Crippen LogP contribution in [0.1, 0.15) is 0 Å². The minimum Gasteiger partial charge on any atom is -0.366 e. The number of hydrogen-bond acceptors (Lipinski definition) is 5. The molecule has 0 aliphatic carbocycles. The second-order valence-corrected chi connectivity index (χ2v) is 8.88. The lowest BCUT2D eigenvalue weighted by molar-refractivity contribution is -0.132. The van der Waals surface area contributed by atoms with Crippen LogP contribution in [0.4, 0.5) is 14.5 Å². The number of carbonyl (C=O) groups is 1. The number of fused-ring (bicyclic) bond motifs is 3. The molecule has 8 nitrogen and oxygen atoms in total. The third-order valence-electron chi connectivity index (χ3n) is 6.68. The van der Waals surface area contributed by atoms with E-state index in [0.717, 1.165) is 0 Å². The summed E-state index contributed by atoms with van der Waals surface area (Å²) >= 11 is 0. The summed E-state index contributed by atoms with van der Waals surface area (Å²) in [5.74, 6) is -0.593. The Labute approximate surface area is 210 Å². The Morgan fingerprint density at radius 2 is 1.57 bits per heavy atom. The van der Waals surface area contributed by atoms with E-state index in [1.54, 1.807) is 47.4 Å². The Morgan fingerprint density at radius 1 is 0.865 bits per heavy atom. The zero-order chi connectivity index (χ0) is 25.5. The molecule has 1 saturated heterocycles. The van der Waals surface area contributed by atoms with Gasteiger partial charge < -0.3 is 9.80 Å². The molecule has 3 aromatic carbocycles. The van der Waals surface area contributed by atoms with Gasteiger partial charge in [0, 0.05) is 37.1 Å². The summed E-state index contributed by atoms with van der Waals surface area (Å²) in [5, 5.41) is 5.04. The Morgan fingerprint density at radius 3 is 2.32 bits per heavy atom. The van der Waals surface area contributed by atoms with E-state index in [4.69, 9.17) is 0 Å². The summed E-state index contributed by atoms with van der Waals surface area (Å²) in [5.41, 5.74) is 1.53. The van der Waals surface area contributed by atoms with E-state index in [0.29, 0.717) is 54.0 Å². The molecule has 0 N–H and O–H groups in total. The van der Waals surface area contributed by atoms with Crippen molar-refractivity contribution in [2.75, 3.05) is 31.1 Å². The van der Waals surface area contributed by atoms with Crippen LogP contribution in [0, 0.1) is 11.6 Å². The zero-order valence-electron chi connectivity index (χ0n) is 19.7. The van der Waals surface area contributed by atoms with Crippen molar-refractivity contribution in [3.05, 3.63) is 94.9 Å². The second kappa shape index (κ2) is 9.12. The predicted octanol–water partition coefficient (Wildman–Crippen LogP) is 3.34. The molecule has 0 saturated carbocycles. The van der Waals surface area contributed by atoms with E-state index < -0.39 is 5.69 Å². The summed E-state index contributed by atoms with van der Waals surface area (Å²) in [7, 11) is 0. The van der Waals surface area contributed by atoms with E-state index in [-0.39, 0.29) is 29.9 Å². The van der Waals surface area contributed by atoms with Crippen LogP contribution in [-0.4, -0.2) is 56.2 Å². The van der Waals surface area contributed by atoms with Gasteiger partial charge in [-0.15, -0.1) is 5.10 Å². The molecule has 0 unspecified atom stereocenters. The van der Waals surface area contributed by atoms with E-state index in [1.165, 1.54) is 27.3 Å². The molecule has 6 rings (SSSR count). The summed E-state index contributed by atoms with van der Waals surface area (Å²) in [4.78, 5) is 34.9. The Kier molecular flexibility index (Phi) is 5.63. The van der Waals surface area contributed by atoms with E-state index >= 15 is 0 Å². The molecule has 0 radical (unpaired) electrons. The van der Waals surface area contributed by atoms with Crippen LogP contribution in [0.3, 0.4) is 0 Å². The van der Waals surface area contributed by atoms with E-state index in [9.17, 15) is 18.4 Å². The molecule has 10 heteroatoms. The van der Waals surface area contributed by atoms with Crippen molar-refractivity contribution in [1.82, 2.24) is 24.1 Å². The smallest absolute Gasteiger partial charge is 0.351 e. The molecule has 5 aromatic rings. The normalized spacial score (nSPS) is 14.0. The molecule has 0 bridgehead atoms. The number of hydrogen-bond donors (Lipinski definition) is 0. The standard InChI is InChI=1S/C27H22F2N6O2/c28-19-11-9-18(10-12-19)25-30-26-20-5-1-3-7-22(20)34(27(37)35(26)31-25)17-24(36)33-15-13-32(14-16-33)23-8-4-2-6-21(23)29/h1-12H,13-17H2.